The summed E-state index contributed by atoms with van der Waals surface area (Å²) in [5.74, 6) is -0.139. The fourth-order valence-electron chi connectivity index (χ4n) is 1.21. The van der Waals surface area contributed by atoms with Crippen molar-refractivity contribution in [2.24, 2.45) is 4.99 Å². The highest BCUT2D eigenvalue weighted by Gasteiger charge is 2.09. The standard InChI is InChI=1S/C12H13BrN2O3/c1-3-18-12(17)15-11(14-8(2)16)9-5-4-6-10(13)7-9/h4-7H,3H2,1-2H3,(H,14,15,16,17). The zero-order valence-electron chi connectivity index (χ0n) is 10.1. The number of amides is 2. The van der Waals surface area contributed by atoms with Gasteiger partial charge in [0, 0.05) is 17.0 Å². The van der Waals surface area contributed by atoms with Gasteiger partial charge in [0.25, 0.3) is 0 Å². The number of hydrogen-bond donors (Lipinski definition) is 1. The molecule has 5 nitrogen and oxygen atoms in total. The van der Waals surface area contributed by atoms with Crippen molar-refractivity contribution in [3.8, 4) is 0 Å². The van der Waals surface area contributed by atoms with E-state index in [1.165, 1.54) is 6.92 Å². The summed E-state index contributed by atoms with van der Waals surface area (Å²) < 4.78 is 5.54. The molecule has 0 radical (unpaired) electrons. The Kier molecular flexibility index (Phi) is 5.51. The lowest BCUT2D eigenvalue weighted by Crippen LogP contribution is -2.30. The van der Waals surface area contributed by atoms with E-state index in [1.807, 2.05) is 6.07 Å². The Morgan fingerprint density at radius 3 is 2.72 bits per heavy atom. The molecule has 0 aliphatic heterocycles. The van der Waals surface area contributed by atoms with Crippen molar-refractivity contribution in [1.82, 2.24) is 5.32 Å². The number of aliphatic imine (C=N–C) groups is 1. The van der Waals surface area contributed by atoms with E-state index in [0.29, 0.717) is 5.56 Å². The average molecular weight is 313 g/mol. The molecule has 96 valence electrons. The minimum atomic E-state index is -0.735. The first-order valence-electron chi connectivity index (χ1n) is 5.32. The molecule has 0 atom stereocenters. The third-order valence-corrected chi connectivity index (χ3v) is 2.36. The second kappa shape index (κ2) is 6.90. The van der Waals surface area contributed by atoms with E-state index in [4.69, 9.17) is 4.74 Å². The number of halogens is 1. The molecule has 18 heavy (non-hydrogen) atoms. The molecule has 0 aliphatic rings. The van der Waals surface area contributed by atoms with Gasteiger partial charge in [-0.1, -0.05) is 28.1 Å². The van der Waals surface area contributed by atoms with Crippen molar-refractivity contribution in [2.75, 3.05) is 6.61 Å². The Morgan fingerprint density at radius 1 is 1.44 bits per heavy atom. The summed E-state index contributed by atoms with van der Waals surface area (Å²) in [7, 11) is 0. The van der Waals surface area contributed by atoms with Gasteiger partial charge >= 0.3 is 6.09 Å². The highest BCUT2D eigenvalue weighted by atomic mass is 79.9. The summed E-state index contributed by atoms with van der Waals surface area (Å²) in [6, 6.07) is 7.09. The number of ether oxygens (including phenoxy) is 1. The predicted octanol–water partition coefficient (Wildman–Crippen LogP) is 2.49. The molecule has 6 heteroatoms. The second-order valence-electron chi connectivity index (χ2n) is 3.35. The fourth-order valence-corrected chi connectivity index (χ4v) is 1.61. The highest BCUT2D eigenvalue weighted by Crippen LogP contribution is 2.12. The maximum atomic E-state index is 11.3. The number of rotatable bonds is 2. The first-order chi connectivity index (χ1) is 8.52. The van der Waals surface area contributed by atoms with Crippen molar-refractivity contribution in [1.29, 1.82) is 0 Å². The van der Waals surface area contributed by atoms with Crippen LogP contribution in [0, 0.1) is 0 Å². The van der Waals surface area contributed by atoms with Crippen molar-refractivity contribution in [3.63, 3.8) is 0 Å². The Morgan fingerprint density at radius 2 is 2.17 bits per heavy atom. The normalized spacial score (nSPS) is 10.9. The monoisotopic (exact) mass is 312 g/mol. The Balaban J connectivity index is 3.05. The van der Waals surface area contributed by atoms with Gasteiger partial charge in [0.15, 0.2) is 0 Å². The van der Waals surface area contributed by atoms with Crippen molar-refractivity contribution < 1.29 is 14.3 Å². The minimum Gasteiger partial charge on any atom is -0.448 e. The molecule has 2 amide bonds. The molecular formula is C12H13BrN2O3. The molecule has 0 saturated carbocycles. The number of amidine groups is 1. The quantitative estimate of drug-likeness (QED) is 0.674. The predicted molar refractivity (Wildman–Crippen MR) is 71.5 cm³/mol. The van der Waals surface area contributed by atoms with Crippen LogP contribution >= 0.6 is 15.9 Å². The Bertz CT molecular complexity index is 486. The molecule has 1 N–H and O–H groups in total. The maximum Gasteiger partial charge on any atom is 0.435 e. The lowest BCUT2D eigenvalue weighted by Gasteiger charge is -2.07. The summed E-state index contributed by atoms with van der Waals surface area (Å²) in [4.78, 5) is 26.1. The van der Waals surface area contributed by atoms with Gasteiger partial charge in [-0.15, -0.1) is 0 Å². The van der Waals surface area contributed by atoms with Crippen molar-refractivity contribution in [3.05, 3.63) is 34.3 Å². The van der Waals surface area contributed by atoms with Crippen LogP contribution in [0.5, 0.6) is 0 Å². The lowest BCUT2D eigenvalue weighted by molar-refractivity contribution is -0.117. The zero-order valence-corrected chi connectivity index (χ0v) is 11.7. The van der Waals surface area contributed by atoms with Crippen LogP contribution < -0.4 is 5.32 Å². The largest absolute Gasteiger partial charge is 0.448 e. The van der Waals surface area contributed by atoms with Crippen LogP contribution in [0.4, 0.5) is 4.79 Å². The van der Waals surface area contributed by atoms with Crippen molar-refractivity contribution in [2.45, 2.75) is 13.8 Å². The summed E-state index contributed by atoms with van der Waals surface area (Å²) in [6.07, 6.45) is -0.735. The molecule has 1 aromatic carbocycles. The zero-order chi connectivity index (χ0) is 13.5. The van der Waals surface area contributed by atoms with Crippen LogP contribution in [0.15, 0.2) is 33.7 Å². The van der Waals surface area contributed by atoms with Gasteiger partial charge in [-0.2, -0.15) is 4.99 Å². The van der Waals surface area contributed by atoms with Crippen LogP contribution in [-0.4, -0.2) is 24.4 Å². The molecule has 0 saturated heterocycles. The molecule has 0 spiro atoms. The lowest BCUT2D eigenvalue weighted by atomic mass is 10.2. The van der Waals surface area contributed by atoms with Gasteiger partial charge in [-0.3, -0.25) is 4.79 Å². The van der Waals surface area contributed by atoms with Crippen LogP contribution in [-0.2, 0) is 9.53 Å². The summed E-state index contributed by atoms with van der Waals surface area (Å²) >= 11 is 3.31. The van der Waals surface area contributed by atoms with E-state index in [0.717, 1.165) is 4.47 Å². The molecule has 0 aliphatic carbocycles. The van der Waals surface area contributed by atoms with E-state index in [-0.39, 0.29) is 18.3 Å². The van der Waals surface area contributed by atoms with Crippen LogP contribution in [0.25, 0.3) is 0 Å². The summed E-state index contributed by atoms with van der Waals surface area (Å²) in [5, 5.41) is 2.50. The van der Waals surface area contributed by atoms with E-state index < -0.39 is 6.09 Å². The second-order valence-corrected chi connectivity index (χ2v) is 4.27. The highest BCUT2D eigenvalue weighted by molar-refractivity contribution is 9.10. The van der Waals surface area contributed by atoms with Crippen LogP contribution in [0.3, 0.4) is 0 Å². The topological polar surface area (TPSA) is 67.8 Å². The Hall–Kier alpha value is -1.69. The smallest absolute Gasteiger partial charge is 0.435 e. The van der Waals surface area contributed by atoms with E-state index >= 15 is 0 Å². The number of carbonyl (C=O) groups is 2. The molecule has 0 aromatic heterocycles. The number of carbonyl (C=O) groups excluding carboxylic acids is 2. The fraction of sp³-hybridized carbons (Fsp3) is 0.250. The SMILES string of the molecule is CCOC(=O)/N=C(\NC(C)=O)c1cccc(Br)c1. The summed E-state index contributed by atoms with van der Waals surface area (Å²) in [5.41, 5.74) is 0.618. The number of hydrogen-bond acceptors (Lipinski definition) is 3. The van der Waals surface area contributed by atoms with E-state index in [9.17, 15) is 9.59 Å². The number of nitrogens with one attached hydrogen (secondary N) is 1. The van der Waals surface area contributed by atoms with Gasteiger partial charge in [0.05, 0.1) is 6.61 Å². The number of benzene rings is 1. The van der Waals surface area contributed by atoms with E-state index in [1.54, 1.807) is 25.1 Å². The molecule has 0 unspecified atom stereocenters. The molecular weight excluding hydrogens is 300 g/mol. The first-order valence-corrected chi connectivity index (χ1v) is 6.11. The van der Waals surface area contributed by atoms with Gasteiger partial charge in [-0.05, 0) is 19.1 Å². The third kappa shape index (κ3) is 4.67. The number of nitrogens with zero attached hydrogens (tertiary/aromatic N) is 1. The molecule has 0 heterocycles. The van der Waals surface area contributed by atoms with Gasteiger partial charge in [0.2, 0.25) is 5.91 Å². The average Bonchev–Trinajstić information content (AvgIpc) is 2.28. The molecule has 0 bridgehead atoms. The van der Waals surface area contributed by atoms with Crippen molar-refractivity contribution >= 4 is 33.8 Å². The van der Waals surface area contributed by atoms with Gasteiger partial charge < -0.3 is 10.1 Å². The molecule has 1 rings (SSSR count). The van der Waals surface area contributed by atoms with Gasteiger partial charge in [-0.25, -0.2) is 4.79 Å². The maximum absolute atomic E-state index is 11.3. The van der Waals surface area contributed by atoms with E-state index in [2.05, 4.69) is 26.2 Å². The molecule has 0 fully saturated rings. The van der Waals surface area contributed by atoms with Crippen LogP contribution in [0.2, 0.25) is 0 Å². The molecule has 1 aromatic rings. The Labute approximate surface area is 113 Å². The minimum absolute atomic E-state index is 0.169. The summed E-state index contributed by atoms with van der Waals surface area (Å²) in [6.45, 7) is 3.26. The first kappa shape index (κ1) is 14.4. The van der Waals surface area contributed by atoms with Crippen LogP contribution in [0.1, 0.15) is 19.4 Å². The third-order valence-electron chi connectivity index (χ3n) is 1.86. The van der Waals surface area contributed by atoms with Gasteiger partial charge in [0.1, 0.15) is 5.84 Å².